The van der Waals surface area contributed by atoms with Gasteiger partial charge in [-0.15, -0.1) is 0 Å². The Kier molecular flexibility index (Phi) is 1.28. The molecule has 1 amide bonds. The van der Waals surface area contributed by atoms with Crippen molar-refractivity contribution in [1.29, 1.82) is 0 Å². The van der Waals surface area contributed by atoms with Gasteiger partial charge in [-0.25, -0.2) is 0 Å². The van der Waals surface area contributed by atoms with E-state index in [0.717, 1.165) is 5.57 Å². The van der Waals surface area contributed by atoms with Crippen molar-refractivity contribution >= 4 is 5.91 Å². The fourth-order valence-electron chi connectivity index (χ4n) is 1.18. The van der Waals surface area contributed by atoms with Crippen molar-refractivity contribution in [2.24, 2.45) is 0 Å². The van der Waals surface area contributed by atoms with Gasteiger partial charge in [-0.3, -0.25) is 4.79 Å². The van der Waals surface area contributed by atoms with E-state index in [-0.39, 0.29) is 11.9 Å². The van der Waals surface area contributed by atoms with Crippen LogP contribution in [0.25, 0.3) is 0 Å². The summed E-state index contributed by atoms with van der Waals surface area (Å²) in [6.07, 6.45) is 9.07. The Morgan fingerprint density at radius 1 is 1.36 bits per heavy atom. The summed E-state index contributed by atoms with van der Waals surface area (Å²) in [5.74, 6) is -0.00463. The molecule has 0 saturated carbocycles. The lowest BCUT2D eigenvalue weighted by atomic mass is 10.1. The molecule has 2 N–H and O–H groups in total. The molecule has 1 unspecified atom stereocenters. The molecule has 11 heavy (non-hydrogen) atoms. The average molecular weight is 148 g/mol. The SMILES string of the molecule is O=C1NC=CC=C2C=CNC12. The maximum absolute atomic E-state index is 11.2. The molecular weight excluding hydrogens is 140 g/mol. The molecule has 2 aliphatic rings. The number of fused-ring (bicyclic) bond motifs is 1. The highest BCUT2D eigenvalue weighted by atomic mass is 16.2. The van der Waals surface area contributed by atoms with Crippen molar-refractivity contribution in [3.05, 3.63) is 36.2 Å². The minimum atomic E-state index is -0.190. The molecule has 0 spiro atoms. The Hall–Kier alpha value is -1.51. The number of nitrogens with one attached hydrogen (secondary N) is 2. The van der Waals surface area contributed by atoms with Crippen LogP contribution >= 0.6 is 0 Å². The number of carbonyl (C=O) groups excluding carboxylic acids is 1. The van der Waals surface area contributed by atoms with Crippen LogP contribution in [0.5, 0.6) is 0 Å². The normalized spacial score (nSPS) is 26.7. The van der Waals surface area contributed by atoms with E-state index in [2.05, 4.69) is 10.6 Å². The van der Waals surface area contributed by atoms with Crippen LogP contribution in [-0.2, 0) is 4.79 Å². The Morgan fingerprint density at radius 2 is 2.27 bits per heavy atom. The van der Waals surface area contributed by atoms with E-state index in [1.807, 2.05) is 18.2 Å². The zero-order valence-electron chi connectivity index (χ0n) is 5.87. The second kappa shape index (κ2) is 2.27. The summed E-state index contributed by atoms with van der Waals surface area (Å²) < 4.78 is 0. The van der Waals surface area contributed by atoms with Gasteiger partial charge in [0.2, 0.25) is 0 Å². The molecule has 1 atom stereocenters. The molecule has 0 aromatic heterocycles. The predicted octanol–water partition coefficient (Wildman–Crippen LogP) is 0.0418. The van der Waals surface area contributed by atoms with Gasteiger partial charge in [0.05, 0.1) is 0 Å². The maximum atomic E-state index is 11.2. The Labute approximate surface area is 64.5 Å². The largest absolute Gasteiger partial charge is 0.376 e. The zero-order chi connectivity index (χ0) is 7.68. The van der Waals surface area contributed by atoms with Crippen LogP contribution in [0.1, 0.15) is 0 Å². The van der Waals surface area contributed by atoms with Crippen LogP contribution < -0.4 is 10.6 Å². The van der Waals surface area contributed by atoms with Crippen molar-refractivity contribution < 1.29 is 4.79 Å². The highest BCUT2D eigenvalue weighted by Gasteiger charge is 2.23. The van der Waals surface area contributed by atoms with E-state index in [4.69, 9.17) is 0 Å². The van der Waals surface area contributed by atoms with Crippen LogP contribution in [0.2, 0.25) is 0 Å². The molecule has 3 nitrogen and oxygen atoms in total. The van der Waals surface area contributed by atoms with Gasteiger partial charge in [0.15, 0.2) is 0 Å². The van der Waals surface area contributed by atoms with E-state index in [1.54, 1.807) is 12.4 Å². The maximum Gasteiger partial charge on any atom is 0.251 e. The third-order valence-electron chi connectivity index (χ3n) is 1.74. The average Bonchev–Trinajstić information content (AvgIpc) is 2.40. The van der Waals surface area contributed by atoms with Gasteiger partial charge in [0.1, 0.15) is 6.04 Å². The predicted molar refractivity (Wildman–Crippen MR) is 41.4 cm³/mol. The zero-order valence-corrected chi connectivity index (χ0v) is 5.87. The molecule has 2 aliphatic heterocycles. The van der Waals surface area contributed by atoms with Crippen molar-refractivity contribution in [2.75, 3.05) is 0 Å². The molecule has 56 valence electrons. The van der Waals surface area contributed by atoms with E-state index in [9.17, 15) is 4.79 Å². The number of rotatable bonds is 0. The topological polar surface area (TPSA) is 41.1 Å². The van der Waals surface area contributed by atoms with Crippen molar-refractivity contribution in [3.8, 4) is 0 Å². The molecule has 0 bridgehead atoms. The third kappa shape index (κ3) is 0.941. The van der Waals surface area contributed by atoms with Crippen molar-refractivity contribution in [3.63, 3.8) is 0 Å². The van der Waals surface area contributed by atoms with Gasteiger partial charge in [-0.2, -0.15) is 0 Å². The van der Waals surface area contributed by atoms with Gasteiger partial charge >= 0.3 is 0 Å². The summed E-state index contributed by atoms with van der Waals surface area (Å²) in [7, 11) is 0. The van der Waals surface area contributed by atoms with E-state index < -0.39 is 0 Å². The molecule has 0 aliphatic carbocycles. The fourth-order valence-corrected chi connectivity index (χ4v) is 1.18. The highest BCUT2D eigenvalue weighted by Crippen LogP contribution is 2.12. The first kappa shape index (κ1) is 6.22. The number of hydrogen-bond donors (Lipinski definition) is 2. The fraction of sp³-hybridized carbons (Fsp3) is 0.125. The Balaban J connectivity index is 2.34. The molecule has 0 aromatic rings. The summed E-state index contributed by atoms with van der Waals surface area (Å²) >= 11 is 0. The lowest BCUT2D eigenvalue weighted by Gasteiger charge is -2.08. The smallest absolute Gasteiger partial charge is 0.251 e. The summed E-state index contributed by atoms with van der Waals surface area (Å²) in [5, 5.41) is 5.59. The quantitative estimate of drug-likeness (QED) is 0.509. The molecule has 0 saturated heterocycles. The summed E-state index contributed by atoms with van der Waals surface area (Å²) in [6.45, 7) is 0. The Morgan fingerprint density at radius 3 is 3.18 bits per heavy atom. The molecule has 2 rings (SSSR count). The van der Waals surface area contributed by atoms with E-state index >= 15 is 0 Å². The van der Waals surface area contributed by atoms with Gasteiger partial charge in [0.25, 0.3) is 5.91 Å². The molecule has 2 heterocycles. The van der Waals surface area contributed by atoms with Gasteiger partial charge in [-0.05, 0) is 23.9 Å². The van der Waals surface area contributed by atoms with Crippen LogP contribution in [0, 0.1) is 0 Å². The summed E-state index contributed by atoms with van der Waals surface area (Å²) in [4.78, 5) is 11.2. The first-order valence-electron chi connectivity index (χ1n) is 3.47. The van der Waals surface area contributed by atoms with Gasteiger partial charge in [-0.1, -0.05) is 6.08 Å². The molecule has 0 radical (unpaired) electrons. The first-order valence-corrected chi connectivity index (χ1v) is 3.47. The summed E-state index contributed by atoms with van der Waals surface area (Å²) in [5.41, 5.74) is 1.01. The number of hydrogen-bond acceptors (Lipinski definition) is 2. The van der Waals surface area contributed by atoms with E-state index in [1.165, 1.54) is 0 Å². The van der Waals surface area contributed by atoms with Gasteiger partial charge in [0, 0.05) is 6.20 Å². The monoisotopic (exact) mass is 148 g/mol. The van der Waals surface area contributed by atoms with Gasteiger partial charge < -0.3 is 10.6 Å². The van der Waals surface area contributed by atoms with Crippen molar-refractivity contribution in [2.45, 2.75) is 6.04 Å². The highest BCUT2D eigenvalue weighted by molar-refractivity contribution is 5.88. The minimum Gasteiger partial charge on any atom is -0.376 e. The molecule has 0 aromatic carbocycles. The van der Waals surface area contributed by atoms with Crippen LogP contribution in [-0.4, -0.2) is 11.9 Å². The Bertz CT molecular complexity index is 276. The molecular formula is C8H8N2O. The standard InChI is InChI=1S/C8H8N2O/c11-8-7-6(3-5-9-7)2-1-4-10-8/h1-5,7,9H,(H,10,11). The molecule has 0 fully saturated rings. The van der Waals surface area contributed by atoms with Crippen LogP contribution in [0.3, 0.4) is 0 Å². The number of amides is 1. The third-order valence-corrected chi connectivity index (χ3v) is 1.74. The molecule has 3 heteroatoms. The van der Waals surface area contributed by atoms with Crippen molar-refractivity contribution in [1.82, 2.24) is 10.6 Å². The lowest BCUT2D eigenvalue weighted by Crippen LogP contribution is -2.37. The van der Waals surface area contributed by atoms with Crippen LogP contribution in [0.15, 0.2) is 36.2 Å². The first-order chi connectivity index (χ1) is 5.38. The lowest BCUT2D eigenvalue weighted by molar-refractivity contribution is -0.120. The van der Waals surface area contributed by atoms with Crippen LogP contribution in [0.4, 0.5) is 0 Å². The second-order valence-corrected chi connectivity index (χ2v) is 2.47. The number of carbonyl (C=O) groups is 1. The second-order valence-electron chi connectivity index (χ2n) is 2.47. The summed E-state index contributed by atoms with van der Waals surface area (Å²) in [6, 6.07) is -0.190. The van der Waals surface area contributed by atoms with E-state index in [0.29, 0.717) is 0 Å². The number of allylic oxidation sites excluding steroid dienone is 2. The minimum absolute atomic E-state index is 0.00463.